The minimum Gasteiger partial charge on any atom is -0.507 e. The molecule has 2 aliphatic heterocycles. The Morgan fingerprint density at radius 2 is 1.81 bits per heavy atom. The van der Waals surface area contributed by atoms with Crippen LogP contribution in [0.1, 0.15) is 37.4 Å². The van der Waals surface area contributed by atoms with E-state index >= 15 is 0 Å². The Kier molecular flexibility index (Phi) is 7.69. The molecule has 9 heteroatoms. The van der Waals surface area contributed by atoms with Gasteiger partial charge < -0.3 is 34.2 Å². The number of aliphatic hydroxyl groups excluding tert-OH is 1. The van der Waals surface area contributed by atoms with Crippen LogP contribution >= 0.6 is 0 Å². The fraction of sp³-hybridized carbons (Fsp3) is 0.407. The number of carbonyl (C=O) groups excluding carboxylic acids is 2. The molecule has 192 valence electrons. The van der Waals surface area contributed by atoms with Gasteiger partial charge in [0, 0.05) is 12.1 Å². The Balaban J connectivity index is 1.77. The minimum absolute atomic E-state index is 0.0211. The maximum atomic E-state index is 13.3. The molecule has 1 saturated heterocycles. The molecule has 0 bridgehead atoms. The molecule has 4 rings (SSSR count). The Bertz CT molecular complexity index is 1170. The molecule has 2 aliphatic rings. The quantitative estimate of drug-likeness (QED) is 0.309. The number of carbonyl (C=O) groups is 2. The average Bonchev–Trinajstić information content (AvgIpc) is 3.15. The van der Waals surface area contributed by atoms with Crippen LogP contribution < -0.4 is 14.2 Å². The fourth-order valence-corrected chi connectivity index (χ4v) is 4.67. The maximum Gasteiger partial charge on any atom is 0.295 e. The van der Waals surface area contributed by atoms with Crippen molar-refractivity contribution in [1.29, 1.82) is 0 Å². The molecule has 0 aromatic heterocycles. The first kappa shape index (κ1) is 25.4. The number of rotatable bonds is 9. The van der Waals surface area contributed by atoms with Crippen molar-refractivity contribution in [2.45, 2.75) is 26.3 Å². The number of aromatic hydroxyl groups is 1. The van der Waals surface area contributed by atoms with Crippen molar-refractivity contribution in [2.75, 3.05) is 46.5 Å². The summed E-state index contributed by atoms with van der Waals surface area (Å²) >= 11 is 0. The van der Waals surface area contributed by atoms with Gasteiger partial charge in [-0.3, -0.25) is 9.59 Å². The number of ether oxygens (including phenoxy) is 3. The average molecular weight is 497 g/mol. The number of aliphatic hydroxyl groups is 1. The molecule has 2 N–H and O–H groups in total. The molecule has 9 nitrogen and oxygen atoms in total. The number of phenols is 1. The van der Waals surface area contributed by atoms with Gasteiger partial charge in [-0.25, -0.2) is 0 Å². The van der Waals surface area contributed by atoms with Crippen LogP contribution in [0.4, 0.5) is 0 Å². The Morgan fingerprint density at radius 3 is 2.50 bits per heavy atom. The first-order valence-electron chi connectivity index (χ1n) is 12.2. The second-order valence-corrected chi connectivity index (χ2v) is 8.66. The normalized spacial score (nSPS) is 18.7. The number of phenolic OH excluding ortho intramolecular Hbond substituents is 1. The van der Waals surface area contributed by atoms with E-state index in [1.54, 1.807) is 30.3 Å². The van der Waals surface area contributed by atoms with Crippen LogP contribution in [0, 0.1) is 0 Å². The molecular formula is C27H32N2O7. The summed E-state index contributed by atoms with van der Waals surface area (Å²) in [4.78, 5) is 30.2. The van der Waals surface area contributed by atoms with Gasteiger partial charge in [-0.05, 0) is 62.0 Å². The van der Waals surface area contributed by atoms with Crippen molar-refractivity contribution in [1.82, 2.24) is 9.80 Å². The van der Waals surface area contributed by atoms with Crippen molar-refractivity contribution in [3.05, 3.63) is 53.1 Å². The lowest BCUT2D eigenvalue weighted by molar-refractivity contribution is -0.140. The zero-order valence-corrected chi connectivity index (χ0v) is 20.8. The highest BCUT2D eigenvalue weighted by Gasteiger charge is 2.46. The number of methoxy groups -OCH3 is 1. The number of Topliss-reactive ketones (excluding diaryl/α,β-unsaturated/α-hetero) is 1. The van der Waals surface area contributed by atoms with Crippen LogP contribution in [0.3, 0.4) is 0 Å². The SMILES string of the molecule is CCN(CC)CCCN1C(=O)C(=O)C(=C(O)c2ccc3c(c2)OCCO3)[C@H]1c1ccc(O)c(OC)c1. The summed E-state index contributed by atoms with van der Waals surface area (Å²) in [6.07, 6.45) is 0.657. The predicted octanol–water partition coefficient (Wildman–Crippen LogP) is 3.33. The molecule has 0 aliphatic carbocycles. The van der Waals surface area contributed by atoms with Crippen LogP contribution in [0.2, 0.25) is 0 Å². The van der Waals surface area contributed by atoms with Crippen LogP contribution in [-0.4, -0.2) is 78.2 Å². The highest BCUT2D eigenvalue weighted by Crippen LogP contribution is 2.43. The second kappa shape index (κ2) is 10.9. The molecule has 0 saturated carbocycles. The van der Waals surface area contributed by atoms with E-state index in [2.05, 4.69) is 18.7 Å². The monoisotopic (exact) mass is 496 g/mol. The number of ketones is 1. The number of fused-ring (bicyclic) bond motifs is 1. The molecule has 1 atom stereocenters. The molecule has 0 spiro atoms. The molecule has 2 heterocycles. The first-order valence-corrected chi connectivity index (χ1v) is 12.2. The zero-order valence-electron chi connectivity index (χ0n) is 20.8. The van der Waals surface area contributed by atoms with Gasteiger partial charge in [0.2, 0.25) is 0 Å². The Labute approximate surface area is 210 Å². The predicted molar refractivity (Wildman–Crippen MR) is 134 cm³/mol. The van der Waals surface area contributed by atoms with E-state index in [0.717, 1.165) is 19.6 Å². The first-order chi connectivity index (χ1) is 17.4. The smallest absolute Gasteiger partial charge is 0.295 e. The third-order valence-electron chi connectivity index (χ3n) is 6.64. The van der Waals surface area contributed by atoms with E-state index in [9.17, 15) is 19.8 Å². The van der Waals surface area contributed by atoms with Gasteiger partial charge in [0.05, 0.1) is 18.7 Å². The molecule has 2 aromatic rings. The van der Waals surface area contributed by atoms with Crippen molar-refractivity contribution in [2.24, 2.45) is 0 Å². The molecule has 1 fully saturated rings. The van der Waals surface area contributed by atoms with E-state index in [-0.39, 0.29) is 22.8 Å². The summed E-state index contributed by atoms with van der Waals surface area (Å²) in [6, 6.07) is 8.72. The lowest BCUT2D eigenvalue weighted by Gasteiger charge is -2.27. The van der Waals surface area contributed by atoms with Gasteiger partial charge in [-0.15, -0.1) is 0 Å². The van der Waals surface area contributed by atoms with Crippen LogP contribution in [-0.2, 0) is 9.59 Å². The van der Waals surface area contributed by atoms with Crippen LogP contribution in [0.15, 0.2) is 42.0 Å². The number of hydrogen-bond acceptors (Lipinski definition) is 8. The summed E-state index contributed by atoms with van der Waals surface area (Å²) in [6.45, 7) is 7.82. The Morgan fingerprint density at radius 1 is 1.08 bits per heavy atom. The highest BCUT2D eigenvalue weighted by molar-refractivity contribution is 6.46. The lowest BCUT2D eigenvalue weighted by atomic mass is 9.94. The summed E-state index contributed by atoms with van der Waals surface area (Å²) in [5.74, 6) is -0.579. The molecule has 2 aromatic carbocycles. The standard InChI is InChI=1S/C27H32N2O7/c1-4-28(5-2)11-6-12-29-24(17-7-9-19(30)21(15-17)34-3)23(26(32)27(29)33)25(31)18-8-10-20-22(16-18)36-14-13-35-20/h7-10,15-16,24,30-31H,4-6,11-14H2,1-3H3/t24-/m1/s1. The summed E-state index contributed by atoms with van der Waals surface area (Å²) in [7, 11) is 1.43. The van der Waals surface area contributed by atoms with E-state index in [1.165, 1.54) is 18.1 Å². The highest BCUT2D eigenvalue weighted by atomic mass is 16.6. The summed E-state index contributed by atoms with van der Waals surface area (Å²) in [5, 5.41) is 21.4. The third-order valence-corrected chi connectivity index (χ3v) is 6.64. The number of hydrogen-bond donors (Lipinski definition) is 2. The molecular weight excluding hydrogens is 464 g/mol. The van der Waals surface area contributed by atoms with Gasteiger partial charge in [0.15, 0.2) is 23.0 Å². The minimum atomic E-state index is -0.843. The van der Waals surface area contributed by atoms with Gasteiger partial charge in [0.25, 0.3) is 11.7 Å². The van der Waals surface area contributed by atoms with Crippen LogP contribution in [0.5, 0.6) is 23.0 Å². The number of benzene rings is 2. The zero-order chi connectivity index (χ0) is 25.8. The van der Waals surface area contributed by atoms with Crippen molar-refractivity contribution < 1.29 is 34.0 Å². The van der Waals surface area contributed by atoms with E-state index in [1.807, 2.05) is 0 Å². The topological polar surface area (TPSA) is 109 Å². The molecule has 1 amide bonds. The fourth-order valence-electron chi connectivity index (χ4n) is 4.67. The van der Waals surface area contributed by atoms with Crippen molar-refractivity contribution in [3.8, 4) is 23.0 Å². The largest absolute Gasteiger partial charge is 0.507 e. The molecule has 36 heavy (non-hydrogen) atoms. The van der Waals surface area contributed by atoms with Gasteiger partial charge in [-0.1, -0.05) is 19.9 Å². The third kappa shape index (κ3) is 4.83. The van der Waals surface area contributed by atoms with Crippen LogP contribution in [0.25, 0.3) is 5.76 Å². The van der Waals surface area contributed by atoms with Crippen molar-refractivity contribution in [3.63, 3.8) is 0 Å². The van der Waals surface area contributed by atoms with Gasteiger partial charge in [-0.2, -0.15) is 0 Å². The number of likely N-dealkylation sites (tertiary alicyclic amines) is 1. The van der Waals surface area contributed by atoms with Gasteiger partial charge in [0.1, 0.15) is 19.0 Å². The summed E-state index contributed by atoms with van der Waals surface area (Å²) in [5.41, 5.74) is 0.870. The van der Waals surface area contributed by atoms with E-state index < -0.39 is 17.7 Å². The lowest BCUT2D eigenvalue weighted by Crippen LogP contribution is -2.33. The number of amides is 1. The maximum absolute atomic E-state index is 13.3. The summed E-state index contributed by atoms with van der Waals surface area (Å²) < 4.78 is 16.4. The number of nitrogens with zero attached hydrogens (tertiary/aromatic N) is 2. The van der Waals surface area contributed by atoms with Crippen molar-refractivity contribution >= 4 is 17.4 Å². The van der Waals surface area contributed by atoms with E-state index in [4.69, 9.17) is 14.2 Å². The second-order valence-electron chi connectivity index (χ2n) is 8.66. The van der Waals surface area contributed by atoms with Gasteiger partial charge >= 0.3 is 0 Å². The molecule has 0 unspecified atom stereocenters. The Hall–Kier alpha value is -3.72. The van der Waals surface area contributed by atoms with E-state index in [0.29, 0.717) is 48.8 Å². The molecule has 0 radical (unpaired) electrons.